The van der Waals surface area contributed by atoms with E-state index >= 15 is 0 Å². The summed E-state index contributed by atoms with van der Waals surface area (Å²) in [5, 5.41) is 0. The number of nitrogens with one attached hydrogen (secondary N) is 1. The Bertz CT molecular complexity index is 473. The molecule has 0 unspecified atom stereocenters. The molecule has 1 aromatic heterocycles. The molecule has 2 rings (SSSR count). The molecule has 0 spiro atoms. The Balaban J connectivity index is 2.01. The van der Waals surface area contributed by atoms with Gasteiger partial charge in [-0.05, 0) is 49.9 Å². The van der Waals surface area contributed by atoms with Crippen molar-refractivity contribution in [2.75, 3.05) is 13.1 Å². The lowest BCUT2D eigenvalue weighted by Gasteiger charge is -2.23. The first-order chi connectivity index (χ1) is 9.50. The van der Waals surface area contributed by atoms with Crippen molar-refractivity contribution < 1.29 is 4.79 Å². The summed E-state index contributed by atoms with van der Waals surface area (Å²) in [4.78, 5) is 18.3. The van der Waals surface area contributed by atoms with Crippen LogP contribution in [0, 0.1) is 5.41 Å². The molecule has 1 amide bonds. The number of likely N-dealkylation sites (tertiary alicyclic amines) is 1. The van der Waals surface area contributed by atoms with Crippen LogP contribution in [0.3, 0.4) is 0 Å². The van der Waals surface area contributed by atoms with Crippen LogP contribution >= 0.6 is 0 Å². The van der Waals surface area contributed by atoms with Crippen molar-refractivity contribution in [3.8, 4) is 0 Å². The van der Waals surface area contributed by atoms with Crippen LogP contribution in [0.5, 0.6) is 0 Å². The molecule has 5 nitrogen and oxygen atoms in total. The van der Waals surface area contributed by atoms with Crippen LogP contribution in [0.4, 0.5) is 0 Å². The zero-order valence-electron chi connectivity index (χ0n) is 12.4. The Hall–Kier alpha value is -1.46. The number of carbonyl (C=O) groups is 1. The maximum absolute atomic E-state index is 11.5. The monoisotopic (exact) mass is 276 g/mol. The largest absolute Gasteiger partial charge is 0.297 e. The van der Waals surface area contributed by atoms with E-state index in [2.05, 4.69) is 29.2 Å². The number of rotatable bonds is 3. The quantitative estimate of drug-likeness (QED) is 0.501. The van der Waals surface area contributed by atoms with E-state index in [1.807, 2.05) is 12.1 Å². The lowest BCUT2D eigenvalue weighted by molar-refractivity contribution is 0.0948. The molecule has 1 saturated heterocycles. The summed E-state index contributed by atoms with van der Waals surface area (Å²) in [5.74, 6) is 4.80. The minimum atomic E-state index is -0.344. The number of aromatic nitrogens is 1. The van der Waals surface area contributed by atoms with Gasteiger partial charge < -0.3 is 0 Å². The predicted molar refractivity (Wildman–Crippen MR) is 78.8 cm³/mol. The van der Waals surface area contributed by atoms with Crippen LogP contribution in [0.1, 0.15) is 49.3 Å². The molecule has 5 heteroatoms. The highest BCUT2D eigenvalue weighted by molar-refractivity contribution is 5.91. The van der Waals surface area contributed by atoms with Crippen molar-refractivity contribution in [3.63, 3.8) is 0 Å². The van der Waals surface area contributed by atoms with E-state index in [0.717, 1.165) is 25.3 Å². The van der Waals surface area contributed by atoms with Gasteiger partial charge in [-0.15, -0.1) is 0 Å². The lowest BCUT2D eigenvalue weighted by atomic mass is 9.85. The van der Waals surface area contributed by atoms with Gasteiger partial charge in [0, 0.05) is 6.54 Å². The molecule has 110 valence electrons. The Morgan fingerprint density at radius 2 is 2.20 bits per heavy atom. The number of pyridine rings is 1. The summed E-state index contributed by atoms with van der Waals surface area (Å²) in [6.07, 6.45) is 3.69. The number of amides is 1. The van der Waals surface area contributed by atoms with Gasteiger partial charge in [-0.1, -0.05) is 19.9 Å². The number of hydrogen-bond donors (Lipinski definition) is 2. The van der Waals surface area contributed by atoms with Crippen molar-refractivity contribution in [1.29, 1.82) is 0 Å². The van der Waals surface area contributed by atoms with Crippen LogP contribution in [0.25, 0.3) is 0 Å². The van der Waals surface area contributed by atoms with E-state index in [1.165, 1.54) is 19.3 Å². The summed E-state index contributed by atoms with van der Waals surface area (Å²) in [5.41, 5.74) is 3.85. The van der Waals surface area contributed by atoms with Gasteiger partial charge in [-0.3, -0.25) is 15.1 Å². The zero-order chi connectivity index (χ0) is 14.6. The molecule has 1 fully saturated rings. The molecule has 1 aliphatic rings. The summed E-state index contributed by atoms with van der Waals surface area (Å²) >= 11 is 0. The van der Waals surface area contributed by atoms with Crippen LogP contribution < -0.4 is 11.3 Å². The molecule has 20 heavy (non-hydrogen) atoms. The van der Waals surface area contributed by atoms with Crippen LogP contribution in [-0.4, -0.2) is 28.9 Å². The molecule has 0 aromatic carbocycles. The first kappa shape index (κ1) is 14.9. The van der Waals surface area contributed by atoms with Crippen molar-refractivity contribution in [3.05, 3.63) is 29.6 Å². The molecule has 0 saturated carbocycles. The predicted octanol–water partition coefficient (Wildman–Crippen LogP) is 1.70. The van der Waals surface area contributed by atoms with Gasteiger partial charge in [0.15, 0.2) is 0 Å². The SMILES string of the molecule is CC1(C)CCCN(Cc2cccc(C(=O)NN)n2)CC1. The molecule has 3 N–H and O–H groups in total. The van der Waals surface area contributed by atoms with Gasteiger partial charge in [0.1, 0.15) is 5.69 Å². The Morgan fingerprint density at radius 1 is 1.40 bits per heavy atom. The third-order valence-electron chi connectivity index (χ3n) is 3.99. The fourth-order valence-electron chi connectivity index (χ4n) is 2.63. The molecular formula is C15H24N4O. The van der Waals surface area contributed by atoms with E-state index in [4.69, 9.17) is 5.84 Å². The van der Waals surface area contributed by atoms with E-state index in [1.54, 1.807) is 6.07 Å². The highest BCUT2D eigenvalue weighted by Crippen LogP contribution is 2.30. The fraction of sp³-hybridized carbons (Fsp3) is 0.600. The minimum Gasteiger partial charge on any atom is -0.297 e. The molecule has 0 atom stereocenters. The first-order valence-corrected chi connectivity index (χ1v) is 7.19. The Morgan fingerprint density at radius 3 is 2.95 bits per heavy atom. The molecule has 1 aromatic rings. The fourth-order valence-corrected chi connectivity index (χ4v) is 2.63. The van der Waals surface area contributed by atoms with Crippen LogP contribution in [0.15, 0.2) is 18.2 Å². The van der Waals surface area contributed by atoms with Gasteiger partial charge in [0.05, 0.1) is 5.69 Å². The molecule has 0 aliphatic carbocycles. The second-order valence-electron chi connectivity index (χ2n) is 6.28. The normalized spacial score (nSPS) is 19.4. The van der Waals surface area contributed by atoms with Crippen molar-refractivity contribution >= 4 is 5.91 Å². The van der Waals surface area contributed by atoms with E-state index in [-0.39, 0.29) is 5.91 Å². The van der Waals surface area contributed by atoms with Crippen LogP contribution in [0.2, 0.25) is 0 Å². The third kappa shape index (κ3) is 4.02. The standard InChI is InChI=1S/C15H24N4O/c1-15(2)7-4-9-19(10-8-15)11-12-5-3-6-13(17-12)14(20)18-16/h3,5-6H,4,7-11,16H2,1-2H3,(H,18,20). The molecule has 2 heterocycles. The highest BCUT2D eigenvalue weighted by Gasteiger charge is 2.23. The molecule has 0 radical (unpaired) electrons. The third-order valence-corrected chi connectivity index (χ3v) is 3.99. The van der Waals surface area contributed by atoms with Gasteiger partial charge >= 0.3 is 0 Å². The lowest BCUT2D eigenvalue weighted by Crippen LogP contribution is -2.31. The number of hydrazine groups is 1. The van der Waals surface area contributed by atoms with Gasteiger partial charge in [-0.25, -0.2) is 10.8 Å². The minimum absolute atomic E-state index is 0.344. The Kier molecular flexibility index (Phi) is 4.73. The van der Waals surface area contributed by atoms with Gasteiger partial charge in [0.25, 0.3) is 5.91 Å². The maximum Gasteiger partial charge on any atom is 0.283 e. The van der Waals surface area contributed by atoms with Crippen molar-refractivity contribution in [2.45, 2.75) is 39.7 Å². The first-order valence-electron chi connectivity index (χ1n) is 7.19. The number of nitrogens with two attached hydrogens (primary N) is 1. The average Bonchev–Trinajstić information content (AvgIpc) is 2.60. The van der Waals surface area contributed by atoms with E-state index in [9.17, 15) is 4.79 Å². The zero-order valence-corrected chi connectivity index (χ0v) is 12.4. The molecular weight excluding hydrogens is 252 g/mol. The topological polar surface area (TPSA) is 71.2 Å². The van der Waals surface area contributed by atoms with Gasteiger partial charge in [0.2, 0.25) is 0 Å². The summed E-state index contributed by atoms with van der Waals surface area (Å²) in [6, 6.07) is 5.50. The number of carbonyl (C=O) groups excluding carboxylic acids is 1. The maximum atomic E-state index is 11.5. The summed E-state index contributed by atoms with van der Waals surface area (Å²) < 4.78 is 0. The van der Waals surface area contributed by atoms with E-state index in [0.29, 0.717) is 11.1 Å². The highest BCUT2D eigenvalue weighted by atomic mass is 16.2. The van der Waals surface area contributed by atoms with Crippen molar-refractivity contribution in [1.82, 2.24) is 15.3 Å². The van der Waals surface area contributed by atoms with E-state index < -0.39 is 0 Å². The average molecular weight is 276 g/mol. The summed E-state index contributed by atoms with van der Waals surface area (Å²) in [7, 11) is 0. The van der Waals surface area contributed by atoms with Crippen LogP contribution in [-0.2, 0) is 6.54 Å². The second kappa shape index (κ2) is 6.33. The smallest absolute Gasteiger partial charge is 0.283 e. The van der Waals surface area contributed by atoms with Gasteiger partial charge in [-0.2, -0.15) is 0 Å². The molecule has 1 aliphatic heterocycles. The number of nitrogen functional groups attached to an aromatic ring is 1. The Labute approximate surface area is 120 Å². The molecule has 0 bridgehead atoms. The number of hydrogen-bond acceptors (Lipinski definition) is 4. The number of nitrogens with zero attached hydrogens (tertiary/aromatic N) is 2. The summed E-state index contributed by atoms with van der Waals surface area (Å²) in [6.45, 7) is 7.64. The second-order valence-corrected chi connectivity index (χ2v) is 6.28. The van der Waals surface area contributed by atoms with Crippen molar-refractivity contribution in [2.24, 2.45) is 11.3 Å².